The van der Waals surface area contributed by atoms with Gasteiger partial charge in [0.15, 0.2) is 22.8 Å². The smallest absolute Gasteiger partial charge is 0.413 e. The number of β-lactam (4-membered cyclic amide) rings is 1. The van der Waals surface area contributed by atoms with Gasteiger partial charge in [0.25, 0.3) is 11.8 Å². The molecule has 0 spiro atoms. The minimum atomic E-state index is -1.80. The van der Waals surface area contributed by atoms with Crippen molar-refractivity contribution in [2.45, 2.75) is 48.3 Å². The van der Waals surface area contributed by atoms with E-state index in [1.807, 2.05) is 152 Å². The standard InChI is InChI=1S/C52H45N9O7S4/c1-50(2,3)67-49(65)54-48-53-39(31-71-48)40(57-68-51(35-24-14-7-15-25-35,36-26-16-8-17-27-36)37-28-18-9-19-29-37)44(62)55-52(72-32-69)46(64)61-41(38(30-70-47(52)61)43-56-58-59-60(43)4)45(63)66-42(33-20-10-5-11-21-33)34-22-12-6-13-23-34/h5-29,31-32,42,47H,30H2,1-4H3,(H,55,62)(H,53,54,65)/b57-40-/t47-,52-/m0/s1. The minimum Gasteiger partial charge on any atom is -0.448 e. The number of thioether (sulfide) groups is 2. The number of thiazole rings is 1. The van der Waals surface area contributed by atoms with Crippen molar-refractivity contribution in [1.29, 1.82) is 0 Å². The molecule has 0 radical (unpaired) electrons. The van der Waals surface area contributed by atoms with E-state index in [9.17, 15) is 9.59 Å². The molecule has 2 aliphatic heterocycles. The number of carbonyl (C=O) groups excluding carboxylic acids is 4. The monoisotopic (exact) mass is 1040 g/mol. The third-order valence-electron chi connectivity index (χ3n) is 11.5. The van der Waals surface area contributed by atoms with E-state index >= 15 is 9.59 Å². The number of nitrogens with zero attached hydrogens (tertiary/aromatic N) is 7. The maximum absolute atomic E-state index is 15.3. The number of fused-ring (bicyclic) bond motifs is 1. The highest BCUT2D eigenvalue weighted by atomic mass is 32.2. The number of tetrazole rings is 1. The summed E-state index contributed by atoms with van der Waals surface area (Å²) in [6, 6.07) is 46.8. The van der Waals surface area contributed by atoms with E-state index in [-0.39, 0.29) is 33.8 Å². The highest BCUT2D eigenvalue weighted by molar-refractivity contribution is 8.22. The molecule has 0 unspecified atom stereocenters. The van der Waals surface area contributed by atoms with E-state index in [2.05, 4.69) is 36.3 Å². The molecule has 20 heteroatoms. The lowest BCUT2D eigenvalue weighted by Crippen LogP contribution is -2.78. The lowest BCUT2D eigenvalue weighted by Gasteiger charge is -2.56. The molecule has 72 heavy (non-hydrogen) atoms. The molecule has 4 heterocycles. The molecule has 7 aromatic rings. The van der Waals surface area contributed by atoms with Crippen LogP contribution in [0.2, 0.25) is 0 Å². The summed E-state index contributed by atoms with van der Waals surface area (Å²) in [4.78, 5) is 69.3. The van der Waals surface area contributed by atoms with Gasteiger partial charge in [0, 0.05) is 45.1 Å². The van der Waals surface area contributed by atoms with Gasteiger partial charge in [0.2, 0.25) is 10.5 Å². The first-order chi connectivity index (χ1) is 34.8. The van der Waals surface area contributed by atoms with Crippen LogP contribution in [0.15, 0.2) is 168 Å². The number of carbonyl (C=O) groups is 4. The average Bonchev–Trinajstić information content (AvgIpc) is 4.05. The normalized spacial score (nSPS) is 16.8. The number of aromatic nitrogens is 5. The third kappa shape index (κ3) is 9.90. The zero-order chi connectivity index (χ0) is 50.5. The molecular formula is C52H45N9O7S4. The first-order valence-corrected chi connectivity index (χ1v) is 25.7. The van der Waals surface area contributed by atoms with Gasteiger partial charge in [-0.1, -0.05) is 181 Å². The molecule has 3 amide bonds. The number of hydrogen-bond donors (Lipinski definition) is 2. The van der Waals surface area contributed by atoms with Crippen LogP contribution in [0.1, 0.15) is 66.2 Å². The summed E-state index contributed by atoms with van der Waals surface area (Å²) in [6.45, 7) is 5.19. The molecule has 2 aromatic heterocycles. The molecule has 0 saturated carbocycles. The second kappa shape index (κ2) is 21.1. The van der Waals surface area contributed by atoms with E-state index in [4.69, 9.17) is 26.5 Å². The molecule has 364 valence electrons. The molecule has 0 aliphatic carbocycles. The van der Waals surface area contributed by atoms with Crippen molar-refractivity contribution in [2.24, 2.45) is 12.2 Å². The quantitative estimate of drug-likeness (QED) is 0.0177. The van der Waals surface area contributed by atoms with Crippen LogP contribution in [-0.4, -0.2) is 86.0 Å². The molecule has 9 rings (SSSR count). The number of esters is 1. The Kier molecular flexibility index (Phi) is 14.5. The average molecular weight is 1040 g/mol. The van der Waals surface area contributed by atoms with Crippen molar-refractivity contribution >= 4 is 92.1 Å². The number of rotatable bonds is 16. The van der Waals surface area contributed by atoms with Crippen LogP contribution < -0.4 is 10.6 Å². The first-order valence-electron chi connectivity index (χ1n) is 22.4. The highest BCUT2D eigenvalue weighted by Gasteiger charge is 2.67. The molecule has 0 bridgehead atoms. The minimum absolute atomic E-state index is 0.00293. The zero-order valence-corrected chi connectivity index (χ0v) is 42.3. The van der Waals surface area contributed by atoms with Gasteiger partial charge in [-0.25, -0.2) is 19.3 Å². The summed E-state index contributed by atoms with van der Waals surface area (Å²) >= 11 is 8.59. The number of nitrogens with one attached hydrogen (secondary N) is 2. The predicted molar refractivity (Wildman–Crippen MR) is 281 cm³/mol. The van der Waals surface area contributed by atoms with Crippen LogP contribution in [0, 0.1) is 0 Å². The maximum Gasteiger partial charge on any atom is 0.413 e. The largest absolute Gasteiger partial charge is 0.448 e. The number of benzene rings is 5. The summed E-state index contributed by atoms with van der Waals surface area (Å²) < 4.78 is 14.6. The predicted octanol–water partition coefficient (Wildman–Crippen LogP) is 8.89. The molecular weight excluding hydrogens is 991 g/mol. The fraction of sp³-hybridized carbons (Fsp3) is 0.192. The molecule has 5 aromatic carbocycles. The Bertz CT molecular complexity index is 3040. The Balaban J connectivity index is 1.12. The number of amides is 3. The molecule has 1 saturated heterocycles. The Morgan fingerprint density at radius 1 is 0.847 bits per heavy atom. The lowest BCUT2D eigenvalue weighted by molar-refractivity contribution is -0.155. The number of ether oxygens (including phenoxy) is 2. The van der Waals surface area contributed by atoms with Crippen LogP contribution in [0.3, 0.4) is 0 Å². The number of hydrogen-bond acceptors (Lipinski definition) is 16. The summed E-state index contributed by atoms with van der Waals surface area (Å²) in [5.74, 6) is -2.03. The van der Waals surface area contributed by atoms with E-state index in [0.717, 1.165) is 23.1 Å². The van der Waals surface area contributed by atoms with Gasteiger partial charge in [0.05, 0.1) is 0 Å². The molecule has 2 N–H and O–H groups in total. The summed E-state index contributed by atoms with van der Waals surface area (Å²) in [6.07, 6.45) is -1.63. The van der Waals surface area contributed by atoms with Crippen LogP contribution >= 0.6 is 47.1 Å². The van der Waals surface area contributed by atoms with E-state index < -0.39 is 51.4 Å². The van der Waals surface area contributed by atoms with E-state index in [1.165, 1.54) is 31.4 Å². The number of thiocarbonyl (C=S) groups is 1. The second-order valence-electron chi connectivity index (χ2n) is 17.3. The fourth-order valence-corrected chi connectivity index (χ4v) is 11.9. The Labute approximate surface area is 432 Å². The van der Waals surface area contributed by atoms with Crippen LogP contribution in [0.4, 0.5) is 9.93 Å². The van der Waals surface area contributed by atoms with Crippen molar-refractivity contribution in [3.05, 3.63) is 202 Å². The zero-order valence-electron chi connectivity index (χ0n) is 39.1. The van der Waals surface area contributed by atoms with Crippen LogP contribution in [0.25, 0.3) is 5.57 Å². The Morgan fingerprint density at radius 2 is 1.39 bits per heavy atom. The number of oxime groups is 1. The second-order valence-corrected chi connectivity index (χ2v) is 20.9. The molecule has 16 nitrogen and oxygen atoms in total. The third-order valence-corrected chi connectivity index (χ3v) is 15.0. The Morgan fingerprint density at radius 3 is 1.89 bits per heavy atom. The van der Waals surface area contributed by atoms with Crippen LogP contribution in [-0.2, 0) is 41.3 Å². The number of aryl methyl sites for hydroxylation is 1. The summed E-state index contributed by atoms with van der Waals surface area (Å²) in [7, 11) is 1.63. The summed E-state index contributed by atoms with van der Waals surface area (Å²) in [5, 5.41) is 23.0. The lowest BCUT2D eigenvalue weighted by atomic mass is 9.80. The van der Waals surface area contributed by atoms with Crippen molar-refractivity contribution < 1.29 is 33.5 Å². The van der Waals surface area contributed by atoms with Crippen molar-refractivity contribution in [3.63, 3.8) is 0 Å². The Hall–Kier alpha value is -7.52. The number of anilines is 1. The SMILES string of the molecule is Cn1nnnc1C1=C(C(=O)OC(c2ccccc2)c2ccccc2)N2C(=O)[C@](NC(=O)/C(=N\OC(c3ccccc3)(c3ccccc3)c3ccccc3)c3csc(NC(=O)OC(C)(C)C)n3)(SC=S)[C@@H]2SC1. The van der Waals surface area contributed by atoms with Gasteiger partial charge >= 0.3 is 12.1 Å². The van der Waals surface area contributed by atoms with Gasteiger partial charge in [-0.05, 0) is 42.3 Å². The first kappa shape index (κ1) is 49.5. The summed E-state index contributed by atoms with van der Waals surface area (Å²) in [5.41, 5.74) is 1.13. The van der Waals surface area contributed by atoms with Crippen molar-refractivity contribution in [1.82, 2.24) is 35.4 Å². The van der Waals surface area contributed by atoms with Gasteiger partial charge < -0.3 is 19.6 Å². The van der Waals surface area contributed by atoms with Gasteiger partial charge in [-0.3, -0.25) is 19.8 Å². The van der Waals surface area contributed by atoms with Crippen molar-refractivity contribution in [2.75, 3.05) is 11.1 Å². The highest BCUT2D eigenvalue weighted by Crippen LogP contribution is 2.53. The van der Waals surface area contributed by atoms with E-state index in [1.54, 1.807) is 27.8 Å². The van der Waals surface area contributed by atoms with Gasteiger partial charge in [0.1, 0.15) is 22.4 Å². The maximum atomic E-state index is 15.3. The van der Waals surface area contributed by atoms with Gasteiger partial charge in [-0.2, -0.15) is 0 Å². The molecule has 2 atom stereocenters. The topological polar surface area (TPSA) is 192 Å². The molecule has 2 aliphatic rings. The molecule has 1 fully saturated rings. The van der Waals surface area contributed by atoms with Gasteiger partial charge in [-0.15, -0.1) is 28.2 Å². The van der Waals surface area contributed by atoms with Crippen molar-refractivity contribution in [3.8, 4) is 0 Å². The van der Waals surface area contributed by atoms with E-state index in [0.29, 0.717) is 33.4 Å². The van der Waals surface area contributed by atoms with Crippen LogP contribution in [0.5, 0.6) is 0 Å². The fourth-order valence-electron chi connectivity index (χ4n) is 8.30.